The SMILES string of the molecule is CC1=C(C(=O)OC(C)C)[C@H](c2cccc(Cl)c2Cl)C2=C(C[C@@H](c3ccccc3)CC2=O)N1. The van der Waals surface area contributed by atoms with Crippen LogP contribution >= 0.6 is 23.2 Å². The molecule has 1 N–H and O–H groups in total. The summed E-state index contributed by atoms with van der Waals surface area (Å²) in [7, 11) is 0. The molecule has 166 valence electrons. The highest BCUT2D eigenvalue weighted by molar-refractivity contribution is 6.42. The molecule has 4 nitrogen and oxygen atoms in total. The summed E-state index contributed by atoms with van der Waals surface area (Å²) in [5.74, 6) is -1.03. The summed E-state index contributed by atoms with van der Waals surface area (Å²) in [6, 6.07) is 15.3. The molecule has 0 saturated carbocycles. The molecule has 1 heterocycles. The lowest BCUT2D eigenvalue weighted by Gasteiger charge is -2.37. The van der Waals surface area contributed by atoms with Gasteiger partial charge in [0.15, 0.2) is 5.78 Å². The van der Waals surface area contributed by atoms with Crippen molar-refractivity contribution in [3.63, 3.8) is 0 Å². The average molecular weight is 470 g/mol. The predicted octanol–water partition coefficient (Wildman–Crippen LogP) is 6.31. The van der Waals surface area contributed by atoms with Crippen molar-refractivity contribution in [3.05, 3.63) is 92.2 Å². The number of ether oxygens (including phenoxy) is 1. The van der Waals surface area contributed by atoms with Crippen LogP contribution in [0.5, 0.6) is 0 Å². The van der Waals surface area contributed by atoms with E-state index in [1.165, 1.54) is 0 Å². The molecule has 0 amide bonds. The summed E-state index contributed by atoms with van der Waals surface area (Å²) in [4.78, 5) is 26.7. The third kappa shape index (κ3) is 4.22. The van der Waals surface area contributed by atoms with Gasteiger partial charge in [0.25, 0.3) is 0 Å². The van der Waals surface area contributed by atoms with Gasteiger partial charge in [-0.1, -0.05) is 65.7 Å². The minimum atomic E-state index is -0.632. The molecule has 1 aliphatic carbocycles. The number of dihydropyridines is 1. The van der Waals surface area contributed by atoms with Crippen LogP contribution in [0, 0.1) is 0 Å². The highest BCUT2D eigenvalue weighted by atomic mass is 35.5. The van der Waals surface area contributed by atoms with Gasteiger partial charge < -0.3 is 10.1 Å². The van der Waals surface area contributed by atoms with E-state index >= 15 is 0 Å². The van der Waals surface area contributed by atoms with E-state index in [4.69, 9.17) is 27.9 Å². The summed E-state index contributed by atoms with van der Waals surface area (Å²) >= 11 is 12.9. The third-order valence-electron chi connectivity index (χ3n) is 5.95. The Morgan fingerprint density at radius 3 is 2.47 bits per heavy atom. The molecule has 0 saturated heterocycles. The van der Waals surface area contributed by atoms with Crippen molar-refractivity contribution in [1.82, 2.24) is 5.32 Å². The normalized spacial score (nSPS) is 20.9. The van der Waals surface area contributed by atoms with Crippen molar-refractivity contribution in [2.24, 2.45) is 0 Å². The van der Waals surface area contributed by atoms with Crippen LogP contribution in [0.4, 0.5) is 0 Å². The van der Waals surface area contributed by atoms with E-state index in [9.17, 15) is 9.59 Å². The number of carbonyl (C=O) groups is 2. The second-order valence-corrected chi connectivity index (χ2v) is 9.31. The first kappa shape index (κ1) is 22.6. The molecular formula is C26H25Cl2NO3. The van der Waals surface area contributed by atoms with Gasteiger partial charge in [-0.25, -0.2) is 4.79 Å². The number of carbonyl (C=O) groups excluding carboxylic acids is 2. The van der Waals surface area contributed by atoms with Crippen LogP contribution in [0.25, 0.3) is 0 Å². The molecule has 0 spiro atoms. The first-order valence-corrected chi connectivity index (χ1v) is 11.5. The van der Waals surface area contributed by atoms with Gasteiger partial charge in [0.05, 0.1) is 21.7 Å². The van der Waals surface area contributed by atoms with Gasteiger partial charge >= 0.3 is 5.97 Å². The molecule has 0 aromatic heterocycles. The molecule has 2 aromatic carbocycles. The topological polar surface area (TPSA) is 55.4 Å². The summed E-state index contributed by atoms with van der Waals surface area (Å²) < 4.78 is 5.54. The van der Waals surface area contributed by atoms with Crippen molar-refractivity contribution in [3.8, 4) is 0 Å². The summed E-state index contributed by atoms with van der Waals surface area (Å²) in [6.07, 6.45) is 0.743. The van der Waals surface area contributed by atoms with Crippen molar-refractivity contribution in [2.75, 3.05) is 0 Å². The Morgan fingerprint density at radius 1 is 1.06 bits per heavy atom. The Morgan fingerprint density at radius 2 is 1.78 bits per heavy atom. The fourth-order valence-corrected chi connectivity index (χ4v) is 5.02. The Balaban J connectivity index is 1.84. The first-order chi connectivity index (χ1) is 15.3. The standard InChI is InChI=1S/C26H25Cl2NO3/c1-14(2)32-26(31)22-15(3)29-20-12-17(16-8-5-4-6-9-16)13-21(30)24(20)23(22)18-10-7-11-19(27)25(18)28/h4-11,14,17,23,29H,12-13H2,1-3H3/t17-,23+/m1/s1. The van der Waals surface area contributed by atoms with E-state index in [2.05, 4.69) is 5.32 Å². The van der Waals surface area contributed by atoms with Gasteiger partial charge in [0, 0.05) is 29.3 Å². The van der Waals surface area contributed by atoms with E-state index < -0.39 is 11.9 Å². The molecule has 0 bridgehead atoms. The number of ketones is 1. The fraction of sp³-hybridized carbons (Fsp3) is 0.308. The van der Waals surface area contributed by atoms with Crippen LogP contribution in [0.15, 0.2) is 71.1 Å². The molecule has 2 aliphatic rings. The van der Waals surface area contributed by atoms with E-state index in [1.807, 2.05) is 43.3 Å². The average Bonchev–Trinajstić information content (AvgIpc) is 2.74. The molecule has 0 radical (unpaired) electrons. The second-order valence-electron chi connectivity index (χ2n) is 8.53. The number of hydrogen-bond acceptors (Lipinski definition) is 4. The Labute approximate surface area is 198 Å². The zero-order valence-electron chi connectivity index (χ0n) is 18.2. The van der Waals surface area contributed by atoms with Gasteiger partial charge in [-0.2, -0.15) is 0 Å². The number of halogens is 2. The Bertz CT molecular complexity index is 1140. The van der Waals surface area contributed by atoms with Crippen LogP contribution in [-0.4, -0.2) is 17.9 Å². The monoisotopic (exact) mass is 469 g/mol. The molecule has 1 aliphatic heterocycles. The smallest absolute Gasteiger partial charge is 0.337 e. The number of benzene rings is 2. The van der Waals surface area contributed by atoms with E-state index in [0.717, 1.165) is 11.3 Å². The maximum absolute atomic E-state index is 13.5. The Kier molecular flexibility index (Phi) is 6.45. The molecule has 32 heavy (non-hydrogen) atoms. The fourth-order valence-electron chi connectivity index (χ4n) is 4.60. The highest BCUT2D eigenvalue weighted by Gasteiger charge is 2.42. The summed E-state index contributed by atoms with van der Waals surface area (Å²) in [5.41, 5.74) is 4.22. The zero-order valence-corrected chi connectivity index (χ0v) is 19.8. The van der Waals surface area contributed by atoms with Crippen LogP contribution in [-0.2, 0) is 14.3 Å². The zero-order chi connectivity index (χ0) is 23.0. The lowest BCUT2D eigenvalue weighted by Crippen LogP contribution is -2.36. The number of rotatable bonds is 4. The molecule has 6 heteroatoms. The minimum Gasteiger partial charge on any atom is -0.460 e. The van der Waals surface area contributed by atoms with Crippen molar-refractivity contribution < 1.29 is 14.3 Å². The number of hydrogen-bond donors (Lipinski definition) is 1. The molecule has 2 aromatic rings. The molecule has 4 rings (SSSR count). The van der Waals surface area contributed by atoms with Gasteiger partial charge in [-0.15, -0.1) is 0 Å². The first-order valence-electron chi connectivity index (χ1n) is 10.7. The number of esters is 1. The molecule has 2 atom stereocenters. The van der Waals surface area contributed by atoms with E-state index in [-0.39, 0.29) is 17.8 Å². The largest absolute Gasteiger partial charge is 0.460 e. The van der Waals surface area contributed by atoms with E-state index in [0.29, 0.717) is 45.3 Å². The van der Waals surface area contributed by atoms with Crippen LogP contribution < -0.4 is 5.32 Å². The molecular weight excluding hydrogens is 445 g/mol. The maximum Gasteiger partial charge on any atom is 0.337 e. The van der Waals surface area contributed by atoms with Crippen molar-refractivity contribution in [2.45, 2.75) is 51.6 Å². The second kappa shape index (κ2) is 9.13. The minimum absolute atomic E-state index is 0.00371. The number of allylic oxidation sites excluding steroid dienone is 3. The van der Waals surface area contributed by atoms with Gasteiger partial charge in [-0.3, -0.25) is 4.79 Å². The number of nitrogens with one attached hydrogen (secondary N) is 1. The highest BCUT2D eigenvalue weighted by Crippen LogP contribution is 2.48. The van der Waals surface area contributed by atoms with Gasteiger partial charge in [-0.05, 0) is 50.3 Å². The summed E-state index contributed by atoms with van der Waals surface area (Å²) in [5, 5.41) is 4.07. The van der Waals surface area contributed by atoms with Crippen LogP contribution in [0.3, 0.4) is 0 Å². The number of Topliss-reactive ketones (excluding diaryl/α,β-unsaturated/α-hetero) is 1. The predicted molar refractivity (Wildman–Crippen MR) is 127 cm³/mol. The van der Waals surface area contributed by atoms with E-state index in [1.54, 1.807) is 26.0 Å². The van der Waals surface area contributed by atoms with Gasteiger partial charge in [0.1, 0.15) is 0 Å². The maximum atomic E-state index is 13.5. The molecule has 0 fully saturated rings. The van der Waals surface area contributed by atoms with Crippen LogP contribution in [0.1, 0.15) is 56.6 Å². The quantitative estimate of drug-likeness (QED) is 0.533. The van der Waals surface area contributed by atoms with Crippen LogP contribution in [0.2, 0.25) is 10.0 Å². The summed E-state index contributed by atoms with van der Waals surface area (Å²) in [6.45, 7) is 5.43. The Hall–Kier alpha value is -2.56. The third-order valence-corrected chi connectivity index (χ3v) is 6.79. The molecule has 0 unspecified atom stereocenters. The lowest BCUT2D eigenvalue weighted by molar-refractivity contribution is -0.143. The van der Waals surface area contributed by atoms with Crippen molar-refractivity contribution in [1.29, 1.82) is 0 Å². The lowest BCUT2D eigenvalue weighted by atomic mass is 9.71. The van der Waals surface area contributed by atoms with Gasteiger partial charge in [0.2, 0.25) is 0 Å². The van der Waals surface area contributed by atoms with Crippen molar-refractivity contribution >= 4 is 35.0 Å².